The van der Waals surface area contributed by atoms with Gasteiger partial charge in [-0.2, -0.15) is 4.68 Å². The molecule has 0 bridgehead atoms. The number of hydrogen-bond donors (Lipinski definition) is 1. The minimum atomic E-state index is -0.539. The van der Waals surface area contributed by atoms with Gasteiger partial charge < -0.3 is 5.32 Å². The number of para-hydroxylation sites is 1. The molecule has 1 N–H and O–H groups in total. The fraction of sp³-hybridized carbons (Fsp3) is 0.0588. The van der Waals surface area contributed by atoms with Crippen LogP contribution in [0.4, 0.5) is 0 Å². The quantitative estimate of drug-likeness (QED) is 0.579. The number of carbonyl (C=O) groups is 1. The van der Waals surface area contributed by atoms with Crippen LogP contribution >= 0.6 is 0 Å². The number of amides is 1. The molecule has 128 valence electrons. The van der Waals surface area contributed by atoms with Crippen LogP contribution < -0.4 is 10.9 Å². The molecule has 1 aromatic carbocycles. The van der Waals surface area contributed by atoms with E-state index in [0.29, 0.717) is 11.5 Å². The third-order valence-electron chi connectivity index (χ3n) is 3.80. The summed E-state index contributed by atoms with van der Waals surface area (Å²) in [5, 5.41) is 14.1. The summed E-state index contributed by atoms with van der Waals surface area (Å²) >= 11 is 0. The highest BCUT2D eigenvalue weighted by atomic mass is 16.2. The van der Waals surface area contributed by atoms with Crippen LogP contribution in [0, 0.1) is 0 Å². The third-order valence-corrected chi connectivity index (χ3v) is 3.80. The topological polar surface area (TPSA) is 107 Å². The summed E-state index contributed by atoms with van der Waals surface area (Å²) in [7, 11) is 0. The van der Waals surface area contributed by atoms with Crippen molar-refractivity contribution in [3.8, 4) is 5.69 Å². The second kappa shape index (κ2) is 6.55. The van der Waals surface area contributed by atoms with Crippen molar-refractivity contribution >= 4 is 11.6 Å². The normalized spacial score (nSPS) is 10.8. The monoisotopic (exact) mass is 347 g/mol. The molecule has 3 aromatic heterocycles. The highest BCUT2D eigenvalue weighted by Crippen LogP contribution is 2.07. The Hall–Kier alpha value is -3.88. The van der Waals surface area contributed by atoms with E-state index < -0.39 is 11.5 Å². The van der Waals surface area contributed by atoms with Gasteiger partial charge >= 0.3 is 0 Å². The summed E-state index contributed by atoms with van der Waals surface area (Å²) < 4.78 is 2.84. The van der Waals surface area contributed by atoms with Crippen LogP contribution in [-0.4, -0.2) is 35.5 Å². The van der Waals surface area contributed by atoms with E-state index in [1.54, 1.807) is 24.4 Å². The van der Waals surface area contributed by atoms with Gasteiger partial charge in [0.2, 0.25) is 0 Å². The lowest BCUT2D eigenvalue weighted by Crippen LogP contribution is -2.32. The van der Waals surface area contributed by atoms with Crippen molar-refractivity contribution in [2.45, 2.75) is 6.54 Å². The Morgan fingerprint density at radius 3 is 2.73 bits per heavy atom. The van der Waals surface area contributed by atoms with E-state index in [4.69, 9.17) is 0 Å². The average molecular weight is 347 g/mol. The average Bonchev–Trinajstić information content (AvgIpc) is 3.16. The Labute approximate surface area is 146 Å². The Morgan fingerprint density at radius 1 is 1.08 bits per heavy atom. The van der Waals surface area contributed by atoms with Crippen molar-refractivity contribution in [1.29, 1.82) is 0 Å². The van der Waals surface area contributed by atoms with Gasteiger partial charge in [-0.1, -0.05) is 24.3 Å². The van der Waals surface area contributed by atoms with E-state index in [9.17, 15) is 9.59 Å². The Kier molecular flexibility index (Phi) is 3.94. The van der Waals surface area contributed by atoms with Gasteiger partial charge in [0.15, 0.2) is 5.82 Å². The summed E-state index contributed by atoms with van der Waals surface area (Å²) in [5.41, 5.74) is 0.763. The molecule has 0 aliphatic carbocycles. The summed E-state index contributed by atoms with van der Waals surface area (Å²) in [6.07, 6.45) is 2.84. The fourth-order valence-corrected chi connectivity index (χ4v) is 2.52. The molecule has 0 fully saturated rings. The molecule has 4 aromatic rings. The van der Waals surface area contributed by atoms with Gasteiger partial charge in [0.25, 0.3) is 11.5 Å². The van der Waals surface area contributed by atoms with Crippen molar-refractivity contribution in [3.05, 3.63) is 82.7 Å². The highest BCUT2D eigenvalue weighted by Gasteiger charge is 2.15. The zero-order valence-electron chi connectivity index (χ0n) is 13.5. The zero-order chi connectivity index (χ0) is 17.9. The van der Waals surface area contributed by atoms with Crippen LogP contribution in [0.3, 0.4) is 0 Å². The predicted molar refractivity (Wildman–Crippen MR) is 91.8 cm³/mol. The van der Waals surface area contributed by atoms with E-state index in [1.165, 1.54) is 15.3 Å². The van der Waals surface area contributed by atoms with Gasteiger partial charge in [-0.3, -0.25) is 14.0 Å². The number of aromatic nitrogens is 6. The lowest BCUT2D eigenvalue weighted by Gasteiger charge is -2.07. The summed E-state index contributed by atoms with van der Waals surface area (Å²) in [5.74, 6) is -0.0956. The maximum absolute atomic E-state index is 12.4. The molecule has 0 atom stereocenters. The van der Waals surface area contributed by atoms with Crippen LogP contribution in [0.2, 0.25) is 0 Å². The standard InChI is InChI=1S/C17H13N7O2/c25-16(13-10-18-14-8-4-5-9-23(14)17(13)26)19-11-15-20-21-22-24(15)12-6-2-1-3-7-12/h1-10H,11H2,(H,19,25). The summed E-state index contributed by atoms with van der Waals surface area (Å²) in [6.45, 7) is 0.0671. The molecule has 1 amide bonds. The largest absolute Gasteiger partial charge is 0.344 e. The predicted octanol–water partition coefficient (Wildman–Crippen LogP) is 0.600. The first-order valence-corrected chi connectivity index (χ1v) is 7.81. The third kappa shape index (κ3) is 2.81. The van der Waals surface area contributed by atoms with Gasteiger partial charge in [-0.15, -0.1) is 5.10 Å². The first kappa shape index (κ1) is 15.6. The van der Waals surface area contributed by atoms with Crippen LogP contribution in [0.15, 0.2) is 65.7 Å². The molecule has 0 aliphatic rings. The molecule has 0 saturated heterocycles. The van der Waals surface area contributed by atoms with Gasteiger partial charge in [0.05, 0.1) is 12.2 Å². The number of nitrogens with one attached hydrogen (secondary N) is 1. The minimum absolute atomic E-state index is 0.0487. The molecule has 0 aliphatic heterocycles. The highest BCUT2D eigenvalue weighted by molar-refractivity contribution is 5.93. The van der Waals surface area contributed by atoms with E-state index in [1.807, 2.05) is 30.3 Å². The Bertz CT molecular complexity index is 1130. The lowest BCUT2D eigenvalue weighted by molar-refractivity contribution is 0.0947. The van der Waals surface area contributed by atoms with Crippen LogP contribution in [-0.2, 0) is 6.54 Å². The minimum Gasteiger partial charge on any atom is -0.344 e. The number of pyridine rings is 1. The second-order valence-electron chi connectivity index (χ2n) is 5.43. The van der Waals surface area contributed by atoms with Crippen LogP contribution in [0.25, 0.3) is 11.3 Å². The number of nitrogens with zero attached hydrogens (tertiary/aromatic N) is 6. The van der Waals surface area contributed by atoms with Crippen LogP contribution in [0.5, 0.6) is 0 Å². The van der Waals surface area contributed by atoms with Gasteiger partial charge in [-0.05, 0) is 34.7 Å². The number of rotatable bonds is 4. The SMILES string of the molecule is O=C(NCc1nnnn1-c1ccccc1)c1cnc2ccccn2c1=O. The van der Waals surface area contributed by atoms with Crippen molar-refractivity contribution < 1.29 is 4.79 Å². The first-order valence-electron chi connectivity index (χ1n) is 7.81. The van der Waals surface area contributed by atoms with Gasteiger partial charge in [-0.25, -0.2) is 4.98 Å². The molecule has 0 spiro atoms. The van der Waals surface area contributed by atoms with Crippen molar-refractivity contribution in [2.24, 2.45) is 0 Å². The number of fused-ring (bicyclic) bond motifs is 1. The van der Waals surface area contributed by atoms with E-state index >= 15 is 0 Å². The summed E-state index contributed by atoms with van der Waals surface area (Å²) in [6, 6.07) is 14.5. The molecule has 0 radical (unpaired) electrons. The molecule has 0 unspecified atom stereocenters. The fourth-order valence-electron chi connectivity index (χ4n) is 2.52. The van der Waals surface area contributed by atoms with E-state index in [-0.39, 0.29) is 12.1 Å². The van der Waals surface area contributed by atoms with Gasteiger partial charge in [0, 0.05) is 12.4 Å². The molecular formula is C17H13N7O2. The first-order chi connectivity index (χ1) is 12.7. The Balaban J connectivity index is 1.57. The number of benzene rings is 1. The van der Waals surface area contributed by atoms with E-state index in [0.717, 1.165) is 5.69 Å². The molecule has 9 heteroatoms. The van der Waals surface area contributed by atoms with Crippen molar-refractivity contribution in [1.82, 2.24) is 34.9 Å². The molecule has 4 rings (SSSR count). The molecule has 3 heterocycles. The number of hydrogen-bond acceptors (Lipinski definition) is 6. The maximum Gasteiger partial charge on any atom is 0.270 e. The van der Waals surface area contributed by atoms with Gasteiger partial charge in [0.1, 0.15) is 11.2 Å². The Morgan fingerprint density at radius 2 is 1.88 bits per heavy atom. The summed E-state index contributed by atoms with van der Waals surface area (Å²) in [4.78, 5) is 29.0. The molecule has 9 nitrogen and oxygen atoms in total. The number of carbonyl (C=O) groups excluding carboxylic acids is 1. The molecular weight excluding hydrogens is 334 g/mol. The molecule has 0 saturated carbocycles. The smallest absolute Gasteiger partial charge is 0.270 e. The maximum atomic E-state index is 12.4. The van der Waals surface area contributed by atoms with Crippen LogP contribution in [0.1, 0.15) is 16.2 Å². The number of tetrazole rings is 1. The lowest BCUT2D eigenvalue weighted by atomic mass is 10.3. The van der Waals surface area contributed by atoms with E-state index in [2.05, 4.69) is 25.8 Å². The molecule has 26 heavy (non-hydrogen) atoms. The second-order valence-corrected chi connectivity index (χ2v) is 5.43. The van der Waals surface area contributed by atoms with Crippen molar-refractivity contribution in [2.75, 3.05) is 0 Å². The zero-order valence-corrected chi connectivity index (χ0v) is 13.5. The van der Waals surface area contributed by atoms with Crippen molar-refractivity contribution in [3.63, 3.8) is 0 Å².